The summed E-state index contributed by atoms with van der Waals surface area (Å²) in [4.78, 5) is 14.9. The van der Waals surface area contributed by atoms with Crippen LogP contribution in [-0.4, -0.2) is 55.8 Å². The number of benzene rings is 1. The normalized spacial score (nSPS) is 22.0. The molecule has 2 heterocycles. The Hall–Kier alpha value is -1.59. The Balaban J connectivity index is 1.53. The lowest BCUT2D eigenvalue weighted by Crippen LogP contribution is -2.50. The number of amides is 1. The molecule has 0 saturated carbocycles. The van der Waals surface area contributed by atoms with Crippen LogP contribution in [0, 0.1) is 5.92 Å². The van der Waals surface area contributed by atoms with E-state index in [1.54, 1.807) is 0 Å². The van der Waals surface area contributed by atoms with Gasteiger partial charge < -0.3 is 14.8 Å². The van der Waals surface area contributed by atoms with Gasteiger partial charge in [0.05, 0.1) is 13.2 Å². The molecule has 2 atom stereocenters. The van der Waals surface area contributed by atoms with Crippen LogP contribution in [0.2, 0.25) is 0 Å². The van der Waals surface area contributed by atoms with E-state index in [-0.39, 0.29) is 5.91 Å². The quantitative estimate of drug-likeness (QED) is 0.864. The van der Waals surface area contributed by atoms with Crippen LogP contribution in [0.25, 0.3) is 0 Å². The van der Waals surface area contributed by atoms with Gasteiger partial charge in [-0.05, 0) is 24.0 Å². The Morgan fingerprint density at radius 2 is 2.04 bits per heavy atom. The summed E-state index contributed by atoms with van der Waals surface area (Å²) in [7, 11) is 0. The molecule has 0 spiro atoms. The Labute approximate surface area is 144 Å². The number of nitrogens with one attached hydrogen (secondary N) is 1. The zero-order chi connectivity index (χ0) is 16.9. The van der Waals surface area contributed by atoms with Crippen molar-refractivity contribution in [2.75, 3.05) is 32.8 Å². The van der Waals surface area contributed by atoms with Crippen molar-refractivity contribution in [3.63, 3.8) is 0 Å². The summed E-state index contributed by atoms with van der Waals surface area (Å²) >= 11 is 0. The number of hydrogen-bond acceptors (Lipinski definition) is 4. The molecule has 132 valence electrons. The van der Waals surface area contributed by atoms with Crippen molar-refractivity contribution in [2.24, 2.45) is 5.92 Å². The predicted molar refractivity (Wildman–Crippen MR) is 93.2 cm³/mol. The number of carbonyl (C=O) groups is 1. The minimum Gasteiger partial charge on any atom is -0.480 e. The third kappa shape index (κ3) is 4.28. The Bertz CT molecular complexity index is 530. The Morgan fingerprint density at radius 3 is 2.75 bits per heavy atom. The molecule has 2 aliphatic heterocycles. The number of para-hydroxylation sites is 1. The predicted octanol–water partition coefficient (Wildman–Crippen LogP) is 1.85. The number of hydrogen-bond donors (Lipinski definition) is 1. The average Bonchev–Trinajstić information content (AvgIpc) is 3.03. The molecule has 1 aromatic carbocycles. The zero-order valence-electron chi connectivity index (χ0n) is 14.7. The van der Waals surface area contributed by atoms with Gasteiger partial charge in [0.15, 0.2) is 6.10 Å². The van der Waals surface area contributed by atoms with Gasteiger partial charge in [-0.25, -0.2) is 0 Å². The van der Waals surface area contributed by atoms with Crippen molar-refractivity contribution in [1.82, 2.24) is 10.2 Å². The molecule has 1 amide bonds. The molecule has 1 saturated heterocycles. The molecule has 2 aliphatic rings. The molecule has 3 rings (SSSR count). The van der Waals surface area contributed by atoms with E-state index in [9.17, 15) is 4.79 Å². The van der Waals surface area contributed by atoms with Crippen LogP contribution >= 0.6 is 0 Å². The second-order valence-electron chi connectivity index (χ2n) is 7.10. The first kappa shape index (κ1) is 17.2. The minimum atomic E-state index is -0.396. The van der Waals surface area contributed by atoms with Gasteiger partial charge in [0.1, 0.15) is 5.75 Å². The monoisotopic (exact) mass is 332 g/mol. The standard InChI is InChI=1S/C19H28N2O3/c1-14(2)11-16(21-7-9-23-10-8-21)13-20-19(22)18-12-15-5-3-4-6-17(15)24-18/h3-6,14,16,18H,7-13H2,1-2H3,(H,20,22). The van der Waals surface area contributed by atoms with Crippen molar-refractivity contribution in [2.45, 2.75) is 38.8 Å². The first-order valence-electron chi connectivity index (χ1n) is 8.97. The number of fused-ring (bicyclic) bond motifs is 1. The van der Waals surface area contributed by atoms with Crippen LogP contribution in [0.15, 0.2) is 24.3 Å². The van der Waals surface area contributed by atoms with Crippen molar-refractivity contribution >= 4 is 5.91 Å². The van der Waals surface area contributed by atoms with Gasteiger partial charge in [-0.3, -0.25) is 9.69 Å². The minimum absolute atomic E-state index is 0.00628. The lowest BCUT2D eigenvalue weighted by molar-refractivity contribution is -0.127. The van der Waals surface area contributed by atoms with Crippen LogP contribution in [0.4, 0.5) is 0 Å². The summed E-state index contributed by atoms with van der Waals surface area (Å²) in [6.07, 6.45) is 1.34. The summed E-state index contributed by atoms with van der Waals surface area (Å²) in [5.41, 5.74) is 1.12. The topological polar surface area (TPSA) is 50.8 Å². The highest BCUT2D eigenvalue weighted by molar-refractivity contribution is 5.82. The summed E-state index contributed by atoms with van der Waals surface area (Å²) in [6, 6.07) is 8.24. The highest BCUT2D eigenvalue weighted by atomic mass is 16.5. The summed E-state index contributed by atoms with van der Waals surface area (Å²) in [5, 5.41) is 3.12. The van der Waals surface area contributed by atoms with Crippen LogP contribution < -0.4 is 10.1 Å². The summed E-state index contributed by atoms with van der Waals surface area (Å²) in [6.45, 7) is 8.58. The van der Waals surface area contributed by atoms with Crippen LogP contribution in [0.1, 0.15) is 25.8 Å². The summed E-state index contributed by atoms with van der Waals surface area (Å²) < 4.78 is 11.2. The highest BCUT2D eigenvalue weighted by Crippen LogP contribution is 2.28. The molecule has 2 unspecified atom stereocenters. The van der Waals surface area contributed by atoms with E-state index in [2.05, 4.69) is 24.1 Å². The number of morpholine rings is 1. The van der Waals surface area contributed by atoms with E-state index in [4.69, 9.17) is 9.47 Å². The molecule has 5 nitrogen and oxygen atoms in total. The molecule has 5 heteroatoms. The molecule has 1 fully saturated rings. The van der Waals surface area contributed by atoms with Gasteiger partial charge in [-0.15, -0.1) is 0 Å². The van der Waals surface area contributed by atoms with E-state index in [1.165, 1.54) is 0 Å². The van der Waals surface area contributed by atoms with Gasteiger partial charge >= 0.3 is 0 Å². The number of ether oxygens (including phenoxy) is 2. The van der Waals surface area contributed by atoms with Crippen molar-refractivity contribution in [3.8, 4) is 5.75 Å². The second kappa shape index (κ2) is 7.99. The first-order chi connectivity index (χ1) is 11.6. The van der Waals surface area contributed by atoms with Crippen molar-refractivity contribution in [1.29, 1.82) is 0 Å². The molecule has 1 N–H and O–H groups in total. The average molecular weight is 332 g/mol. The first-order valence-corrected chi connectivity index (χ1v) is 8.97. The number of nitrogens with zero attached hydrogens (tertiary/aromatic N) is 1. The molecular weight excluding hydrogens is 304 g/mol. The molecule has 24 heavy (non-hydrogen) atoms. The van der Waals surface area contributed by atoms with Gasteiger partial charge in [0.25, 0.3) is 5.91 Å². The zero-order valence-corrected chi connectivity index (χ0v) is 14.7. The fourth-order valence-corrected chi connectivity index (χ4v) is 3.51. The largest absolute Gasteiger partial charge is 0.480 e. The number of carbonyl (C=O) groups excluding carboxylic acids is 1. The maximum Gasteiger partial charge on any atom is 0.261 e. The van der Waals surface area contributed by atoms with Gasteiger partial charge in [0, 0.05) is 32.1 Å². The van der Waals surface area contributed by atoms with E-state index in [1.807, 2.05) is 24.3 Å². The Morgan fingerprint density at radius 1 is 1.29 bits per heavy atom. The van der Waals surface area contributed by atoms with E-state index in [0.29, 0.717) is 24.9 Å². The highest BCUT2D eigenvalue weighted by Gasteiger charge is 2.30. The van der Waals surface area contributed by atoms with Crippen LogP contribution in [0.3, 0.4) is 0 Å². The lowest BCUT2D eigenvalue weighted by atomic mass is 10.0. The van der Waals surface area contributed by atoms with Gasteiger partial charge in [-0.2, -0.15) is 0 Å². The fourth-order valence-electron chi connectivity index (χ4n) is 3.51. The van der Waals surface area contributed by atoms with Crippen molar-refractivity contribution in [3.05, 3.63) is 29.8 Å². The SMILES string of the molecule is CC(C)CC(CNC(=O)C1Cc2ccccc2O1)N1CCOCC1. The van der Waals surface area contributed by atoms with Gasteiger partial charge in [-0.1, -0.05) is 32.0 Å². The molecule has 1 aromatic rings. The van der Waals surface area contributed by atoms with Crippen LogP contribution in [0.5, 0.6) is 5.75 Å². The summed E-state index contributed by atoms with van der Waals surface area (Å²) in [5.74, 6) is 1.43. The maximum atomic E-state index is 12.5. The molecule has 0 aliphatic carbocycles. The third-order valence-electron chi connectivity index (χ3n) is 4.76. The fraction of sp³-hybridized carbons (Fsp3) is 0.632. The molecule has 0 radical (unpaired) electrons. The smallest absolute Gasteiger partial charge is 0.261 e. The second-order valence-corrected chi connectivity index (χ2v) is 7.10. The van der Waals surface area contributed by atoms with Gasteiger partial charge in [0.2, 0.25) is 0 Å². The van der Waals surface area contributed by atoms with E-state index < -0.39 is 6.10 Å². The van der Waals surface area contributed by atoms with E-state index in [0.717, 1.165) is 44.0 Å². The third-order valence-corrected chi connectivity index (χ3v) is 4.76. The Kier molecular flexibility index (Phi) is 5.74. The molecule has 0 bridgehead atoms. The molecular formula is C19H28N2O3. The lowest BCUT2D eigenvalue weighted by Gasteiger charge is -2.35. The van der Waals surface area contributed by atoms with Crippen LogP contribution in [-0.2, 0) is 16.0 Å². The molecule has 0 aromatic heterocycles. The maximum absolute atomic E-state index is 12.5. The van der Waals surface area contributed by atoms with E-state index >= 15 is 0 Å². The number of rotatable bonds is 6. The van der Waals surface area contributed by atoms with Crippen molar-refractivity contribution < 1.29 is 14.3 Å².